The van der Waals surface area contributed by atoms with E-state index in [-0.39, 0.29) is 5.91 Å². The molecule has 0 heterocycles. The summed E-state index contributed by atoms with van der Waals surface area (Å²) in [6, 6.07) is 5.94. The molecule has 0 saturated heterocycles. The van der Waals surface area contributed by atoms with Crippen LogP contribution in [-0.2, 0) is 4.79 Å². The highest BCUT2D eigenvalue weighted by molar-refractivity contribution is 5.80. The van der Waals surface area contributed by atoms with Crippen molar-refractivity contribution in [2.75, 3.05) is 6.54 Å². The van der Waals surface area contributed by atoms with Crippen LogP contribution in [0.15, 0.2) is 18.2 Å². The zero-order valence-corrected chi connectivity index (χ0v) is 13.4. The summed E-state index contributed by atoms with van der Waals surface area (Å²) < 4.78 is 5.74. The number of hydrogen-bond donors (Lipinski definition) is 1. The minimum atomic E-state index is -0.448. The summed E-state index contributed by atoms with van der Waals surface area (Å²) in [6.07, 6.45) is 5.98. The maximum Gasteiger partial charge on any atom is 0.260 e. The number of aryl methyl sites for hydroxylation is 2. The highest BCUT2D eigenvalue weighted by Crippen LogP contribution is 2.23. The van der Waals surface area contributed by atoms with Crippen LogP contribution in [0.25, 0.3) is 0 Å². The molecule has 1 aromatic carbocycles. The maximum atomic E-state index is 12.1. The van der Waals surface area contributed by atoms with E-state index in [1.807, 2.05) is 25.1 Å². The molecule has 21 heavy (non-hydrogen) atoms. The van der Waals surface area contributed by atoms with E-state index in [9.17, 15) is 4.79 Å². The molecule has 3 nitrogen and oxygen atoms in total. The molecule has 1 aliphatic carbocycles. The van der Waals surface area contributed by atoms with Gasteiger partial charge in [0.15, 0.2) is 6.10 Å². The van der Waals surface area contributed by atoms with E-state index >= 15 is 0 Å². The first-order valence-corrected chi connectivity index (χ1v) is 8.08. The summed E-state index contributed by atoms with van der Waals surface area (Å²) >= 11 is 0. The van der Waals surface area contributed by atoms with Crippen molar-refractivity contribution >= 4 is 5.91 Å². The van der Waals surface area contributed by atoms with Gasteiger partial charge in [-0.1, -0.05) is 25.3 Å². The predicted octanol–water partition coefficient (Wildman–Crippen LogP) is 3.77. The van der Waals surface area contributed by atoms with Crippen LogP contribution in [0.3, 0.4) is 0 Å². The molecule has 2 rings (SSSR count). The van der Waals surface area contributed by atoms with Gasteiger partial charge < -0.3 is 10.1 Å². The van der Waals surface area contributed by atoms with E-state index in [1.54, 1.807) is 0 Å². The van der Waals surface area contributed by atoms with Gasteiger partial charge in [0.05, 0.1) is 0 Å². The van der Waals surface area contributed by atoms with Crippen LogP contribution in [0.2, 0.25) is 0 Å². The molecule has 116 valence electrons. The van der Waals surface area contributed by atoms with Gasteiger partial charge >= 0.3 is 0 Å². The van der Waals surface area contributed by atoms with Gasteiger partial charge in [-0.3, -0.25) is 4.79 Å². The van der Waals surface area contributed by atoms with Crippen molar-refractivity contribution in [1.29, 1.82) is 0 Å². The first-order chi connectivity index (χ1) is 10.1. The second-order valence-corrected chi connectivity index (χ2v) is 6.26. The third kappa shape index (κ3) is 4.76. The quantitative estimate of drug-likeness (QED) is 0.896. The number of carbonyl (C=O) groups is 1. The summed E-state index contributed by atoms with van der Waals surface area (Å²) in [5, 5.41) is 3.03. The van der Waals surface area contributed by atoms with Crippen molar-refractivity contribution in [3.05, 3.63) is 29.3 Å². The Morgan fingerprint density at radius 3 is 2.62 bits per heavy atom. The van der Waals surface area contributed by atoms with Crippen molar-refractivity contribution in [2.24, 2.45) is 5.92 Å². The topological polar surface area (TPSA) is 38.3 Å². The number of hydrogen-bond acceptors (Lipinski definition) is 2. The molecular formula is C18H27NO2. The molecule has 1 N–H and O–H groups in total. The number of carbonyl (C=O) groups excluding carboxylic acids is 1. The molecule has 0 spiro atoms. The molecular weight excluding hydrogens is 262 g/mol. The van der Waals surface area contributed by atoms with Gasteiger partial charge in [-0.05, 0) is 62.8 Å². The van der Waals surface area contributed by atoms with Crippen molar-refractivity contribution in [3.8, 4) is 5.75 Å². The smallest absolute Gasteiger partial charge is 0.260 e. The fourth-order valence-corrected chi connectivity index (χ4v) is 2.82. The Hall–Kier alpha value is -1.51. The second-order valence-electron chi connectivity index (χ2n) is 6.26. The van der Waals surface area contributed by atoms with E-state index in [0.717, 1.165) is 12.3 Å². The molecule has 1 aromatic rings. The van der Waals surface area contributed by atoms with Crippen molar-refractivity contribution in [2.45, 2.75) is 59.0 Å². The fourth-order valence-electron chi connectivity index (χ4n) is 2.82. The lowest BCUT2D eigenvalue weighted by molar-refractivity contribution is -0.127. The third-order valence-electron chi connectivity index (χ3n) is 4.45. The Kier molecular flexibility index (Phi) is 5.66. The lowest BCUT2D eigenvalue weighted by Gasteiger charge is -2.23. The largest absolute Gasteiger partial charge is 0.481 e. The van der Waals surface area contributed by atoms with Gasteiger partial charge in [0, 0.05) is 6.54 Å². The van der Waals surface area contributed by atoms with Gasteiger partial charge in [0.2, 0.25) is 0 Å². The molecule has 0 radical (unpaired) electrons. The zero-order chi connectivity index (χ0) is 15.2. The van der Waals surface area contributed by atoms with Crippen molar-refractivity contribution in [1.82, 2.24) is 5.32 Å². The van der Waals surface area contributed by atoms with Crippen LogP contribution in [0, 0.1) is 19.8 Å². The minimum Gasteiger partial charge on any atom is -0.481 e. The zero-order valence-electron chi connectivity index (χ0n) is 13.4. The second kappa shape index (κ2) is 7.48. The summed E-state index contributed by atoms with van der Waals surface area (Å²) in [5.41, 5.74) is 2.42. The Labute approximate surface area is 128 Å². The molecule has 3 heteroatoms. The highest BCUT2D eigenvalue weighted by atomic mass is 16.5. The van der Waals surface area contributed by atoms with Gasteiger partial charge in [0.1, 0.15) is 5.75 Å². The van der Waals surface area contributed by atoms with E-state index in [0.29, 0.717) is 5.92 Å². The van der Waals surface area contributed by atoms with E-state index in [4.69, 9.17) is 4.74 Å². The molecule has 1 amide bonds. The van der Waals surface area contributed by atoms with Gasteiger partial charge in [-0.25, -0.2) is 0 Å². The minimum absolute atomic E-state index is 0.0150. The van der Waals surface area contributed by atoms with Crippen molar-refractivity contribution in [3.63, 3.8) is 0 Å². The first-order valence-electron chi connectivity index (χ1n) is 8.08. The summed E-state index contributed by atoms with van der Waals surface area (Å²) in [4.78, 5) is 12.1. The summed E-state index contributed by atoms with van der Waals surface area (Å²) in [7, 11) is 0. The standard InChI is InChI=1S/C18H27NO2/c1-13-9-10-17(11-14(13)2)21-15(3)18(20)19-12-16-7-5-4-6-8-16/h9-11,15-16H,4-8,12H2,1-3H3,(H,19,20)/t15-/m1/s1. The van der Waals surface area contributed by atoms with Gasteiger partial charge in [-0.15, -0.1) is 0 Å². The number of benzene rings is 1. The molecule has 1 atom stereocenters. The monoisotopic (exact) mass is 289 g/mol. The molecule has 1 fully saturated rings. The lowest BCUT2D eigenvalue weighted by Crippen LogP contribution is -2.39. The van der Waals surface area contributed by atoms with Crippen LogP contribution < -0.4 is 10.1 Å². The number of ether oxygens (including phenoxy) is 1. The average Bonchev–Trinajstić information content (AvgIpc) is 2.49. The van der Waals surface area contributed by atoms with Crippen LogP contribution in [0.1, 0.15) is 50.2 Å². The molecule has 0 bridgehead atoms. The van der Waals surface area contributed by atoms with E-state index < -0.39 is 6.10 Å². The number of amides is 1. The van der Waals surface area contributed by atoms with Gasteiger partial charge in [-0.2, -0.15) is 0 Å². The Balaban J connectivity index is 1.79. The third-order valence-corrected chi connectivity index (χ3v) is 4.45. The molecule has 0 aromatic heterocycles. The maximum absolute atomic E-state index is 12.1. The van der Waals surface area contributed by atoms with Crippen LogP contribution in [0.5, 0.6) is 5.75 Å². The van der Waals surface area contributed by atoms with Crippen LogP contribution >= 0.6 is 0 Å². The highest BCUT2D eigenvalue weighted by Gasteiger charge is 2.18. The molecule has 0 unspecified atom stereocenters. The van der Waals surface area contributed by atoms with Gasteiger partial charge in [0.25, 0.3) is 5.91 Å². The predicted molar refractivity (Wildman–Crippen MR) is 85.6 cm³/mol. The normalized spacial score (nSPS) is 17.3. The summed E-state index contributed by atoms with van der Waals surface area (Å²) in [6.45, 7) is 6.72. The Bertz CT molecular complexity index is 478. The van der Waals surface area contributed by atoms with Crippen LogP contribution in [-0.4, -0.2) is 18.6 Å². The Morgan fingerprint density at radius 2 is 1.95 bits per heavy atom. The lowest BCUT2D eigenvalue weighted by atomic mass is 9.89. The summed E-state index contributed by atoms with van der Waals surface area (Å²) in [5.74, 6) is 1.40. The SMILES string of the molecule is Cc1ccc(O[C@H](C)C(=O)NCC2CCCCC2)cc1C. The average molecular weight is 289 g/mol. The van der Waals surface area contributed by atoms with E-state index in [1.165, 1.54) is 43.2 Å². The molecule has 0 aliphatic heterocycles. The molecule has 1 saturated carbocycles. The number of nitrogens with one attached hydrogen (secondary N) is 1. The van der Waals surface area contributed by atoms with E-state index in [2.05, 4.69) is 19.2 Å². The van der Waals surface area contributed by atoms with Crippen LogP contribution in [0.4, 0.5) is 0 Å². The molecule has 1 aliphatic rings. The fraction of sp³-hybridized carbons (Fsp3) is 0.611. The first kappa shape index (κ1) is 15.9. The Morgan fingerprint density at radius 1 is 1.24 bits per heavy atom. The number of rotatable bonds is 5. The van der Waals surface area contributed by atoms with Crippen molar-refractivity contribution < 1.29 is 9.53 Å².